The van der Waals surface area contributed by atoms with E-state index < -0.39 is 0 Å². The lowest BCUT2D eigenvalue weighted by atomic mass is 9.99. The third kappa shape index (κ3) is 2.42. The number of hydrogen-bond donors (Lipinski definition) is 1. The zero-order chi connectivity index (χ0) is 8.97. The summed E-state index contributed by atoms with van der Waals surface area (Å²) in [4.78, 5) is 0. The van der Waals surface area contributed by atoms with Crippen LogP contribution in [0.25, 0.3) is 0 Å². The first-order valence-corrected chi connectivity index (χ1v) is 4.18. The molecule has 0 bridgehead atoms. The number of rotatable bonds is 3. The third-order valence-electron chi connectivity index (χ3n) is 2.02. The van der Waals surface area contributed by atoms with E-state index in [1.54, 1.807) is 0 Å². The average Bonchev–Trinajstić information content (AvgIpc) is 2.06. The molecule has 0 aliphatic heterocycles. The van der Waals surface area contributed by atoms with Gasteiger partial charge < -0.3 is 5.73 Å². The molecule has 2 N–H and O–H groups in total. The summed E-state index contributed by atoms with van der Waals surface area (Å²) in [5.74, 6) is 0.368. The van der Waals surface area contributed by atoms with Gasteiger partial charge in [-0.1, -0.05) is 43.8 Å². The predicted octanol–water partition coefficient (Wildman–Crippen LogP) is 2.34. The van der Waals surface area contributed by atoms with E-state index in [1.807, 2.05) is 18.2 Å². The second-order valence-electron chi connectivity index (χ2n) is 3.17. The van der Waals surface area contributed by atoms with Crippen LogP contribution in [0.2, 0.25) is 0 Å². The topological polar surface area (TPSA) is 26.0 Å². The smallest absolute Gasteiger partial charge is 0.00395 e. The molecule has 0 radical (unpaired) electrons. The Bertz CT molecular complexity index is 251. The second-order valence-corrected chi connectivity index (χ2v) is 3.17. The van der Waals surface area contributed by atoms with E-state index in [1.165, 1.54) is 5.56 Å². The van der Waals surface area contributed by atoms with Gasteiger partial charge in [0.15, 0.2) is 0 Å². The van der Waals surface area contributed by atoms with Gasteiger partial charge in [0.1, 0.15) is 0 Å². The van der Waals surface area contributed by atoms with Crippen LogP contribution in [0, 0.1) is 5.92 Å². The molecule has 64 valence electrons. The van der Waals surface area contributed by atoms with Crippen LogP contribution in [-0.4, -0.2) is 0 Å². The third-order valence-corrected chi connectivity index (χ3v) is 2.02. The molecular formula is C11H15N. The average molecular weight is 161 g/mol. The first-order valence-electron chi connectivity index (χ1n) is 4.18. The maximum absolute atomic E-state index is 5.59. The molecule has 1 nitrogen and oxygen atoms in total. The van der Waals surface area contributed by atoms with Gasteiger partial charge in [-0.15, -0.1) is 0 Å². The Morgan fingerprint density at radius 1 is 1.42 bits per heavy atom. The molecular weight excluding hydrogens is 146 g/mol. The molecule has 0 aromatic heterocycles. The van der Waals surface area contributed by atoms with Crippen LogP contribution in [0.5, 0.6) is 0 Å². The lowest BCUT2D eigenvalue weighted by molar-refractivity contribution is 0.672. The van der Waals surface area contributed by atoms with Crippen molar-refractivity contribution in [3.63, 3.8) is 0 Å². The highest BCUT2D eigenvalue weighted by atomic mass is 14.6. The molecule has 0 aliphatic rings. The van der Waals surface area contributed by atoms with Gasteiger partial charge in [-0.25, -0.2) is 0 Å². The fourth-order valence-electron chi connectivity index (χ4n) is 1.10. The van der Waals surface area contributed by atoms with Crippen LogP contribution in [0.15, 0.2) is 42.6 Å². The van der Waals surface area contributed by atoms with E-state index >= 15 is 0 Å². The van der Waals surface area contributed by atoms with Crippen molar-refractivity contribution in [2.24, 2.45) is 11.7 Å². The standard InChI is InChI=1S/C11H15N/c1-9(10(2)12)8-11-6-4-3-5-7-11/h3-7,9H,2,8,12H2,1H3. The molecule has 1 unspecified atom stereocenters. The van der Waals surface area contributed by atoms with Gasteiger partial charge in [0.05, 0.1) is 0 Å². The van der Waals surface area contributed by atoms with Crippen molar-refractivity contribution >= 4 is 0 Å². The Morgan fingerprint density at radius 2 is 2.00 bits per heavy atom. The Morgan fingerprint density at radius 3 is 2.50 bits per heavy atom. The minimum absolute atomic E-state index is 0.368. The van der Waals surface area contributed by atoms with Gasteiger partial charge in [-0.2, -0.15) is 0 Å². The maximum Gasteiger partial charge on any atom is 0.00395 e. The summed E-state index contributed by atoms with van der Waals surface area (Å²) in [6.45, 7) is 5.82. The van der Waals surface area contributed by atoms with E-state index in [0.29, 0.717) is 5.92 Å². The number of allylic oxidation sites excluding steroid dienone is 1. The van der Waals surface area contributed by atoms with Crippen LogP contribution in [-0.2, 0) is 6.42 Å². The Labute approximate surface area is 73.9 Å². The zero-order valence-electron chi connectivity index (χ0n) is 7.46. The van der Waals surface area contributed by atoms with Crippen LogP contribution >= 0.6 is 0 Å². The molecule has 0 amide bonds. The molecule has 1 rings (SSSR count). The highest BCUT2D eigenvalue weighted by Crippen LogP contribution is 2.11. The monoisotopic (exact) mass is 161 g/mol. The maximum atomic E-state index is 5.59. The molecule has 1 heteroatoms. The minimum Gasteiger partial charge on any atom is -0.402 e. The summed E-state index contributed by atoms with van der Waals surface area (Å²) >= 11 is 0. The van der Waals surface area contributed by atoms with E-state index in [-0.39, 0.29) is 0 Å². The highest BCUT2D eigenvalue weighted by Gasteiger charge is 2.03. The summed E-state index contributed by atoms with van der Waals surface area (Å²) in [6, 6.07) is 10.3. The van der Waals surface area contributed by atoms with Gasteiger partial charge >= 0.3 is 0 Å². The molecule has 0 spiro atoms. The lowest BCUT2D eigenvalue weighted by Gasteiger charge is -2.09. The zero-order valence-corrected chi connectivity index (χ0v) is 7.46. The minimum atomic E-state index is 0.368. The summed E-state index contributed by atoms with van der Waals surface area (Å²) in [6.07, 6.45) is 0.982. The first-order chi connectivity index (χ1) is 5.70. The normalized spacial score (nSPS) is 12.4. The quantitative estimate of drug-likeness (QED) is 0.723. The van der Waals surface area contributed by atoms with Crippen molar-refractivity contribution in [2.75, 3.05) is 0 Å². The van der Waals surface area contributed by atoms with Crippen molar-refractivity contribution in [1.82, 2.24) is 0 Å². The molecule has 0 saturated carbocycles. The van der Waals surface area contributed by atoms with E-state index in [0.717, 1.165) is 12.1 Å². The summed E-state index contributed by atoms with van der Waals surface area (Å²) < 4.78 is 0. The first kappa shape index (κ1) is 8.85. The Kier molecular flexibility index (Phi) is 2.92. The lowest BCUT2D eigenvalue weighted by Crippen LogP contribution is -2.09. The van der Waals surface area contributed by atoms with Gasteiger partial charge in [-0.3, -0.25) is 0 Å². The van der Waals surface area contributed by atoms with E-state index in [4.69, 9.17) is 5.73 Å². The molecule has 0 saturated heterocycles. The summed E-state index contributed by atoms with van der Waals surface area (Å²) in [5, 5.41) is 0. The second kappa shape index (κ2) is 3.96. The van der Waals surface area contributed by atoms with Gasteiger partial charge in [0.2, 0.25) is 0 Å². The summed E-state index contributed by atoms with van der Waals surface area (Å²) in [5.41, 5.74) is 7.67. The van der Waals surface area contributed by atoms with Crippen molar-refractivity contribution in [3.8, 4) is 0 Å². The van der Waals surface area contributed by atoms with Gasteiger partial charge in [-0.05, 0) is 17.9 Å². The van der Waals surface area contributed by atoms with Crippen LogP contribution < -0.4 is 5.73 Å². The molecule has 1 atom stereocenters. The van der Waals surface area contributed by atoms with Crippen molar-refractivity contribution in [1.29, 1.82) is 0 Å². The number of nitrogens with two attached hydrogens (primary N) is 1. The molecule has 0 heterocycles. The van der Waals surface area contributed by atoms with E-state index in [2.05, 4.69) is 25.6 Å². The van der Waals surface area contributed by atoms with Gasteiger partial charge in [0, 0.05) is 5.70 Å². The highest BCUT2D eigenvalue weighted by molar-refractivity contribution is 5.16. The molecule has 1 aromatic carbocycles. The van der Waals surface area contributed by atoms with Crippen LogP contribution in [0.1, 0.15) is 12.5 Å². The fourth-order valence-corrected chi connectivity index (χ4v) is 1.10. The SMILES string of the molecule is C=C(N)C(C)Cc1ccccc1. The molecule has 0 fully saturated rings. The number of benzene rings is 1. The Balaban J connectivity index is 2.58. The molecule has 1 aromatic rings. The van der Waals surface area contributed by atoms with Gasteiger partial charge in [0.25, 0.3) is 0 Å². The summed E-state index contributed by atoms with van der Waals surface area (Å²) in [7, 11) is 0. The van der Waals surface area contributed by atoms with E-state index in [9.17, 15) is 0 Å². The van der Waals surface area contributed by atoms with Crippen LogP contribution in [0.3, 0.4) is 0 Å². The predicted molar refractivity (Wildman–Crippen MR) is 52.6 cm³/mol. The van der Waals surface area contributed by atoms with Crippen LogP contribution in [0.4, 0.5) is 0 Å². The number of hydrogen-bond acceptors (Lipinski definition) is 1. The largest absolute Gasteiger partial charge is 0.402 e. The molecule has 12 heavy (non-hydrogen) atoms. The van der Waals surface area contributed by atoms with Crippen molar-refractivity contribution in [2.45, 2.75) is 13.3 Å². The fraction of sp³-hybridized carbons (Fsp3) is 0.273. The van der Waals surface area contributed by atoms with Crippen molar-refractivity contribution in [3.05, 3.63) is 48.2 Å². The Hall–Kier alpha value is -1.24. The molecule has 0 aliphatic carbocycles. The van der Waals surface area contributed by atoms with Crippen molar-refractivity contribution < 1.29 is 0 Å².